The van der Waals surface area contributed by atoms with Crippen molar-refractivity contribution in [2.45, 2.75) is 6.92 Å². The molecule has 1 rings (SSSR count). The number of hydrogen-bond donors (Lipinski definition) is 0. The van der Waals surface area contributed by atoms with E-state index in [0.717, 1.165) is 7.11 Å². The van der Waals surface area contributed by atoms with Crippen molar-refractivity contribution in [3.63, 3.8) is 0 Å². The van der Waals surface area contributed by atoms with Crippen LogP contribution in [0.2, 0.25) is 0 Å². The Morgan fingerprint density at radius 3 is 2.53 bits per heavy atom. The Balaban J connectivity index is 3.39. The molecule has 0 aliphatic carbocycles. The maximum absolute atomic E-state index is 11.7. The van der Waals surface area contributed by atoms with Gasteiger partial charge in [0, 0.05) is 6.54 Å². The predicted molar refractivity (Wildman–Crippen MR) is 59.8 cm³/mol. The molecule has 0 unspecified atom stereocenters. The zero-order valence-electron chi connectivity index (χ0n) is 9.91. The van der Waals surface area contributed by atoms with Gasteiger partial charge in [0.15, 0.2) is 0 Å². The lowest BCUT2D eigenvalue weighted by Crippen LogP contribution is -2.45. The lowest BCUT2D eigenvalue weighted by molar-refractivity contribution is -0.431. The third kappa shape index (κ3) is 2.73. The Labute approximate surface area is 99.7 Å². The number of rotatable bonds is 4. The lowest BCUT2D eigenvalue weighted by atomic mass is 10.3. The molecule has 1 heterocycles. The largest absolute Gasteiger partial charge is 0.342 e. The summed E-state index contributed by atoms with van der Waals surface area (Å²) in [7, 11) is -1.39. The standard InChI is InChI=1S/C8H15N3O5S/c1-4-10-6-9(2)5-7(11(12)13)8(10)17(14,15)16-3/h4-6H2,1-3H3. The smallest absolute Gasteiger partial charge is 0.318 e. The van der Waals surface area contributed by atoms with Gasteiger partial charge in [0.1, 0.15) is 0 Å². The van der Waals surface area contributed by atoms with Gasteiger partial charge in [-0.25, -0.2) is 0 Å². The highest BCUT2D eigenvalue weighted by molar-refractivity contribution is 7.90. The van der Waals surface area contributed by atoms with Crippen LogP contribution in [0.25, 0.3) is 0 Å². The summed E-state index contributed by atoms with van der Waals surface area (Å²) in [6.07, 6.45) is 0. The molecule has 9 heteroatoms. The third-order valence-electron chi connectivity index (χ3n) is 2.42. The molecule has 0 saturated carbocycles. The second kappa shape index (κ2) is 4.98. The van der Waals surface area contributed by atoms with Gasteiger partial charge in [-0.15, -0.1) is 0 Å². The first kappa shape index (κ1) is 13.9. The molecule has 0 aromatic heterocycles. The van der Waals surface area contributed by atoms with Crippen LogP contribution >= 0.6 is 0 Å². The maximum atomic E-state index is 11.7. The van der Waals surface area contributed by atoms with E-state index in [9.17, 15) is 18.5 Å². The molecule has 0 aromatic rings. The summed E-state index contributed by atoms with van der Waals surface area (Å²) < 4.78 is 27.8. The van der Waals surface area contributed by atoms with Gasteiger partial charge in [0.05, 0.1) is 25.2 Å². The van der Waals surface area contributed by atoms with Crippen molar-refractivity contribution in [3.05, 3.63) is 20.8 Å². The van der Waals surface area contributed by atoms with Crippen LogP contribution in [0.15, 0.2) is 10.7 Å². The van der Waals surface area contributed by atoms with E-state index in [1.54, 1.807) is 18.9 Å². The van der Waals surface area contributed by atoms with Gasteiger partial charge in [0.2, 0.25) is 5.03 Å². The summed E-state index contributed by atoms with van der Waals surface area (Å²) in [6, 6.07) is 0. The summed E-state index contributed by atoms with van der Waals surface area (Å²) in [4.78, 5) is 13.3. The molecule has 17 heavy (non-hydrogen) atoms. The normalized spacial score (nSPS) is 18.6. The van der Waals surface area contributed by atoms with Crippen molar-refractivity contribution >= 4 is 10.1 Å². The number of likely N-dealkylation sites (N-methyl/N-ethyl adjacent to an activating group) is 1. The monoisotopic (exact) mass is 265 g/mol. The molecule has 8 nitrogen and oxygen atoms in total. The minimum atomic E-state index is -4.06. The Morgan fingerprint density at radius 2 is 2.12 bits per heavy atom. The molecule has 1 aliphatic heterocycles. The first-order chi connectivity index (χ1) is 7.83. The van der Waals surface area contributed by atoms with E-state index >= 15 is 0 Å². The van der Waals surface area contributed by atoms with Crippen molar-refractivity contribution in [1.29, 1.82) is 0 Å². The molecule has 1 aliphatic rings. The molecule has 0 N–H and O–H groups in total. The zero-order valence-corrected chi connectivity index (χ0v) is 10.7. The van der Waals surface area contributed by atoms with Crippen molar-refractivity contribution in [1.82, 2.24) is 9.80 Å². The first-order valence-corrected chi connectivity index (χ1v) is 6.36. The second-order valence-electron chi connectivity index (χ2n) is 3.64. The van der Waals surface area contributed by atoms with Crippen LogP contribution in [0.4, 0.5) is 0 Å². The highest BCUT2D eigenvalue weighted by atomic mass is 32.2. The van der Waals surface area contributed by atoms with Crippen molar-refractivity contribution < 1.29 is 17.5 Å². The van der Waals surface area contributed by atoms with Gasteiger partial charge in [-0.2, -0.15) is 8.42 Å². The minimum absolute atomic E-state index is 0.0264. The van der Waals surface area contributed by atoms with Crippen LogP contribution in [-0.2, 0) is 14.3 Å². The van der Waals surface area contributed by atoms with Gasteiger partial charge in [0.25, 0.3) is 5.70 Å². The Bertz CT molecular complexity index is 444. The van der Waals surface area contributed by atoms with Crippen LogP contribution in [0, 0.1) is 10.1 Å². The van der Waals surface area contributed by atoms with Crippen molar-refractivity contribution in [2.75, 3.05) is 33.9 Å². The lowest BCUT2D eigenvalue weighted by Gasteiger charge is -2.33. The van der Waals surface area contributed by atoms with Crippen LogP contribution in [0.5, 0.6) is 0 Å². The number of nitrogens with zero attached hydrogens (tertiary/aromatic N) is 3. The molecule has 0 fully saturated rings. The van der Waals surface area contributed by atoms with Crippen LogP contribution in [0.1, 0.15) is 6.92 Å². The van der Waals surface area contributed by atoms with E-state index in [4.69, 9.17) is 0 Å². The van der Waals surface area contributed by atoms with E-state index < -0.39 is 15.0 Å². The van der Waals surface area contributed by atoms with Gasteiger partial charge in [-0.05, 0) is 14.0 Å². The first-order valence-electron chi connectivity index (χ1n) is 4.95. The van der Waals surface area contributed by atoms with Gasteiger partial charge in [-0.1, -0.05) is 0 Å². The molecule has 0 saturated heterocycles. The van der Waals surface area contributed by atoms with Gasteiger partial charge < -0.3 is 4.90 Å². The molecular formula is C8H15N3O5S. The van der Waals surface area contributed by atoms with Crippen molar-refractivity contribution in [3.8, 4) is 0 Å². The highest BCUT2D eigenvalue weighted by Gasteiger charge is 2.38. The summed E-state index contributed by atoms with van der Waals surface area (Å²) in [5, 5.41) is 10.6. The molecule has 0 bridgehead atoms. The fourth-order valence-corrected chi connectivity index (χ4v) is 2.76. The minimum Gasteiger partial charge on any atom is -0.342 e. The van der Waals surface area contributed by atoms with E-state index in [-0.39, 0.29) is 17.3 Å². The topological polar surface area (TPSA) is 93.0 Å². The molecule has 0 radical (unpaired) electrons. The highest BCUT2D eigenvalue weighted by Crippen LogP contribution is 2.24. The van der Waals surface area contributed by atoms with E-state index in [1.165, 1.54) is 4.90 Å². The zero-order chi connectivity index (χ0) is 13.2. The average Bonchev–Trinajstić information content (AvgIpc) is 2.27. The Morgan fingerprint density at radius 1 is 1.53 bits per heavy atom. The fourth-order valence-electron chi connectivity index (χ4n) is 1.67. The summed E-state index contributed by atoms with van der Waals surface area (Å²) >= 11 is 0. The molecule has 0 aromatic carbocycles. The second-order valence-corrected chi connectivity index (χ2v) is 5.27. The Kier molecular flexibility index (Phi) is 4.07. The summed E-state index contributed by atoms with van der Waals surface area (Å²) in [6.45, 7) is 2.36. The predicted octanol–water partition coefficient (Wildman–Crippen LogP) is -0.367. The number of nitro groups is 1. The molecule has 98 valence electrons. The molecule has 0 atom stereocenters. The summed E-state index contributed by atoms with van der Waals surface area (Å²) in [5.41, 5.74) is -0.359. The summed E-state index contributed by atoms with van der Waals surface area (Å²) in [5.74, 6) is 0. The van der Waals surface area contributed by atoms with Gasteiger partial charge >= 0.3 is 10.1 Å². The van der Waals surface area contributed by atoms with E-state index in [0.29, 0.717) is 13.2 Å². The van der Waals surface area contributed by atoms with Crippen molar-refractivity contribution in [2.24, 2.45) is 0 Å². The van der Waals surface area contributed by atoms with Crippen LogP contribution in [-0.4, -0.2) is 57.1 Å². The van der Waals surface area contributed by atoms with E-state index in [2.05, 4.69) is 4.18 Å². The van der Waals surface area contributed by atoms with Crippen LogP contribution < -0.4 is 0 Å². The Hall–Kier alpha value is -1.19. The maximum Gasteiger partial charge on any atom is 0.318 e. The van der Waals surface area contributed by atoms with E-state index in [1.807, 2.05) is 0 Å². The average molecular weight is 265 g/mol. The number of hydrogen-bond acceptors (Lipinski definition) is 7. The van der Waals surface area contributed by atoms with Crippen LogP contribution in [0.3, 0.4) is 0 Å². The quantitative estimate of drug-likeness (QED) is 0.389. The molecule has 0 amide bonds. The molecule has 0 spiro atoms. The SMILES string of the molecule is CCN1CN(C)CC([N+](=O)[O-])=C1S(=O)(=O)OC. The molecular weight excluding hydrogens is 250 g/mol. The van der Waals surface area contributed by atoms with Gasteiger partial charge in [-0.3, -0.25) is 19.2 Å². The third-order valence-corrected chi connectivity index (χ3v) is 3.83. The fraction of sp³-hybridized carbons (Fsp3) is 0.750.